The lowest BCUT2D eigenvalue weighted by Crippen LogP contribution is -2.60. The van der Waals surface area contributed by atoms with Gasteiger partial charge in [0, 0.05) is 19.5 Å². The van der Waals surface area contributed by atoms with Crippen molar-refractivity contribution < 1.29 is 48.6 Å². The maximum Gasteiger partial charge on any atom is 0.326 e. The summed E-state index contributed by atoms with van der Waals surface area (Å²) in [7, 11) is 0. The molecule has 10 N–H and O–H groups in total. The van der Waals surface area contributed by atoms with Crippen molar-refractivity contribution in [3.63, 3.8) is 0 Å². The van der Waals surface area contributed by atoms with Crippen LogP contribution in [-0.2, 0) is 51.2 Å². The van der Waals surface area contributed by atoms with Crippen molar-refractivity contribution in [3.8, 4) is 5.75 Å². The summed E-state index contributed by atoms with van der Waals surface area (Å²) in [5.74, 6) is -6.75. The first-order chi connectivity index (χ1) is 28.3. The number of amides is 7. The number of phenols is 1. The topological polar surface area (TPSA) is 284 Å². The van der Waals surface area contributed by atoms with Crippen molar-refractivity contribution in [3.05, 3.63) is 65.7 Å². The van der Waals surface area contributed by atoms with Gasteiger partial charge < -0.3 is 52.7 Å². The number of carboxylic acid groups (broad SMARTS) is 1. The van der Waals surface area contributed by atoms with Crippen LogP contribution in [0.1, 0.15) is 78.4 Å². The molecular weight excluding hydrogens is 777 g/mol. The highest BCUT2D eigenvalue weighted by atomic mass is 16.4. The average Bonchev–Trinajstić information content (AvgIpc) is 3.18. The SMILES string of the molecule is CCCN(CC(=O)N[C@@H](CC(N)=O)C(=O)N[C@@H](Cc1ccc(O)cc1)C(=O)N(CCC)[C@@H](C)C(=O)N[C@@H](CC(C)C)C(=O)O)C(=O)[C@H](C)NC(=O)[C@@H](N)Cc1ccccc1. The normalized spacial score (nSPS) is 14.0. The Bertz CT molecular complexity index is 1780. The van der Waals surface area contributed by atoms with Gasteiger partial charge >= 0.3 is 5.97 Å². The Balaban J connectivity index is 2.31. The second kappa shape index (κ2) is 24.8. The first-order valence-electron chi connectivity index (χ1n) is 20.2. The molecule has 60 heavy (non-hydrogen) atoms. The van der Waals surface area contributed by atoms with E-state index in [1.807, 2.05) is 30.3 Å². The Hall–Kier alpha value is -6.04. The number of hydrogen-bond acceptors (Lipinski definition) is 10. The molecule has 0 saturated heterocycles. The summed E-state index contributed by atoms with van der Waals surface area (Å²) in [6.07, 6.45) is 0.350. The largest absolute Gasteiger partial charge is 0.508 e. The molecule has 18 heteroatoms. The molecule has 0 heterocycles. The molecule has 0 aliphatic rings. The average molecular weight is 839 g/mol. The predicted octanol–water partition coefficient (Wildman–Crippen LogP) is 0.336. The zero-order chi connectivity index (χ0) is 45.1. The van der Waals surface area contributed by atoms with E-state index in [0.717, 1.165) is 5.56 Å². The summed E-state index contributed by atoms with van der Waals surface area (Å²) < 4.78 is 0. The predicted molar refractivity (Wildman–Crippen MR) is 223 cm³/mol. The molecule has 2 rings (SSSR count). The van der Waals surface area contributed by atoms with Crippen molar-refractivity contribution in [2.45, 2.75) is 116 Å². The van der Waals surface area contributed by atoms with Crippen LogP contribution in [0.4, 0.5) is 0 Å². The molecule has 6 atom stereocenters. The third kappa shape index (κ3) is 16.7. The number of primary amides is 1. The van der Waals surface area contributed by atoms with Crippen molar-refractivity contribution in [2.75, 3.05) is 19.6 Å². The van der Waals surface area contributed by atoms with Gasteiger partial charge in [0.15, 0.2) is 0 Å². The Morgan fingerprint density at radius 1 is 0.683 bits per heavy atom. The lowest BCUT2D eigenvalue weighted by atomic mass is 10.0. The number of carbonyl (C=O) groups is 8. The van der Waals surface area contributed by atoms with Crippen molar-refractivity contribution in [2.24, 2.45) is 17.4 Å². The number of phenolic OH excluding ortho intramolecular Hbond substituents is 1. The lowest BCUT2D eigenvalue weighted by Gasteiger charge is -2.33. The highest BCUT2D eigenvalue weighted by Crippen LogP contribution is 2.15. The number of rotatable bonds is 25. The molecule has 7 amide bonds. The number of aromatic hydroxyl groups is 1. The Morgan fingerprint density at radius 2 is 1.27 bits per heavy atom. The highest BCUT2D eigenvalue weighted by molar-refractivity contribution is 5.97. The number of nitrogens with zero attached hydrogens (tertiary/aromatic N) is 2. The summed E-state index contributed by atoms with van der Waals surface area (Å²) in [6.45, 7) is 9.60. The number of carbonyl (C=O) groups excluding carboxylic acids is 7. The molecule has 2 aromatic carbocycles. The quantitative estimate of drug-likeness (QED) is 0.0675. The fourth-order valence-electron chi connectivity index (χ4n) is 6.38. The van der Waals surface area contributed by atoms with E-state index in [1.165, 1.54) is 47.9 Å². The second-order valence-electron chi connectivity index (χ2n) is 15.2. The summed E-state index contributed by atoms with van der Waals surface area (Å²) in [6, 6.07) is 7.49. The fourth-order valence-corrected chi connectivity index (χ4v) is 6.38. The second-order valence-corrected chi connectivity index (χ2v) is 15.2. The maximum absolute atomic E-state index is 14.3. The van der Waals surface area contributed by atoms with Crippen LogP contribution in [0.5, 0.6) is 5.75 Å². The highest BCUT2D eigenvalue weighted by Gasteiger charge is 2.36. The first kappa shape index (κ1) is 50.1. The van der Waals surface area contributed by atoms with Gasteiger partial charge in [-0.1, -0.05) is 70.2 Å². The zero-order valence-electron chi connectivity index (χ0n) is 35.3. The number of aliphatic carboxylic acids is 1. The fraction of sp³-hybridized carbons (Fsp3) is 0.524. The van der Waals surface area contributed by atoms with E-state index in [1.54, 1.807) is 27.7 Å². The van der Waals surface area contributed by atoms with Crippen LogP contribution in [0.2, 0.25) is 0 Å². The summed E-state index contributed by atoms with van der Waals surface area (Å²) in [5, 5.41) is 29.7. The molecule has 0 radical (unpaired) electrons. The van der Waals surface area contributed by atoms with Gasteiger partial charge in [0.2, 0.25) is 41.4 Å². The van der Waals surface area contributed by atoms with Crippen LogP contribution in [0, 0.1) is 5.92 Å². The Kier molecular flexibility index (Phi) is 20.7. The molecule has 0 aromatic heterocycles. The third-order valence-corrected chi connectivity index (χ3v) is 9.47. The zero-order valence-corrected chi connectivity index (χ0v) is 35.3. The summed E-state index contributed by atoms with van der Waals surface area (Å²) in [4.78, 5) is 108. The Labute approximate surface area is 351 Å². The standard InChI is InChI=1S/C42H62N8O10/c1-7-18-49(40(57)26(5)45-38(55)31(43)21-28-12-10-9-11-13-28)24-36(53)46-32(23-35(44)52)39(56)47-33(22-29-14-16-30(51)17-15-29)41(58)50(19-8-2)27(6)37(54)48-34(42(59)60)20-25(3)4/h9-17,25-27,31-34,51H,7-8,18-24,43H2,1-6H3,(H2,44,52)(H,45,55)(H,46,53)(H,47,56)(H,48,54)(H,59,60)/t26-,27-,31-,32-,33-,34-/m0/s1. The van der Waals surface area contributed by atoms with E-state index in [0.29, 0.717) is 18.4 Å². The molecule has 0 aliphatic carbocycles. The van der Waals surface area contributed by atoms with Gasteiger partial charge in [-0.2, -0.15) is 0 Å². The first-order valence-corrected chi connectivity index (χ1v) is 20.2. The number of nitrogens with one attached hydrogen (secondary N) is 4. The number of carboxylic acids is 1. The van der Waals surface area contributed by atoms with Crippen LogP contribution in [0.3, 0.4) is 0 Å². The Morgan fingerprint density at radius 3 is 1.82 bits per heavy atom. The van der Waals surface area contributed by atoms with Gasteiger partial charge in [-0.3, -0.25) is 33.6 Å². The molecule has 0 saturated carbocycles. The van der Waals surface area contributed by atoms with E-state index < -0.39 is 96.5 Å². The smallest absolute Gasteiger partial charge is 0.326 e. The van der Waals surface area contributed by atoms with Gasteiger partial charge in [-0.05, 0) is 68.7 Å². The van der Waals surface area contributed by atoms with Crippen LogP contribution in [0.15, 0.2) is 54.6 Å². The molecule has 0 spiro atoms. The monoisotopic (exact) mass is 838 g/mol. The summed E-state index contributed by atoms with van der Waals surface area (Å²) in [5.41, 5.74) is 12.9. The third-order valence-electron chi connectivity index (χ3n) is 9.47. The van der Waals surface area contributed by atoms with Gasteiger partial charge in [0.25, 0.3) is 0 Å². The maximum atomic E-state index is 14.3. The van der Waals surface area contributed by atoms with Gasteiger partial charge in [0.05, 0.1) is 19.0 Å². The van der Waals surface area contributed by atoms with E-state index in [4.69, 9.17) is 11.5 Å². The minimum atomic E-state index is -1.61. The number of nitrogens with two attached hydrogens (primary N) is 2. The molecule has 0 bridgehead atoms. The minimum Gasteiger partial charge on any atom is -0.508 e. The molecule has 330 valence electrons. The molecular formula is C42H62N8O10. The lowest BCUT2D eigenvalue weighted by molar-refractivity contribution is -0.146. The molecule has 2 aromatic rings. The van der Waals surface area contributed by atoms with Crippen molar-refractivity contribution in [1.82, 2.24) is 31.1 Å². The number of benzene rings is 2. The van der Waals surface area contributed by atoms with Crippen LogP contribution >= 0.6 is 0 Å². The van der Waals surface area contributed by atoms with E-state index in [-0.39, 0.29) is 44.0 Å². The van der Waals surface area contributed by atoms with Crippen LogP contribution in [-0.4, -0.2) is 123 Å². The molecule has 18 nitrogen and oxygen atoms in total. The van der Waals surface area contributed by atoms with Crippen LogP contribution < -0.4 is 32.7 Å². The minimum absolute atomic E-state index is 0.0396. The van der Waals surface area contributed by atoms with Crippen molar-refractivity contribution >= 4 is 47.3 Å². The number of hydrogen-bond donors (Lipinski definition) is 8. The van der Waals surface area contributed by atoms with Gasteiger partial charge in [-0.25, -0.2) is 4.79 Å². The molecule has 0 aliphatic heterocycles. The van der Waals surface area contributed by atoms with E-state index in [9.17, 15) is 48.6 Å². The van der Waals surface area contributed by atoms with Crippen LogP contribution in [0.25, 0.3) is 0 Å². The molecule has 0 unspecified atom stereocenters. The van der Waals surface area contributed by atoms with Crippen molar-refractivity contribution in [1.29, 1.82) is 0 Å². The molecule has 0 fully saturated rings. The van der Waals surface area contributed by atoms with E-state index >= 15 is 0 Å². The van der Waals surface area contributed by atoms with E-state index in [2.05, 4.69) is 21.3 Å². The van der Waals surface area contributed by atoms with Gasteiger partial charge in [-0.15, -0.1) is 0 Å². The van der Waals surface area contributed by atoms with Gasteiger partial charge in [0.1, 0.15) is 36.0 Å². The summed E-state index contributed by atoms with van der Waals surface area (Å²) >= 11 is 0.